The van der Waals surface area contributed by atoms with Gasteiger partial charge in [0.25, 0.3) is 0 Å². The molecule has 1 heteroatoms. The monoisotopic (exact) mass is 251 g/mol. The van der Waals surface area contributed by atoms with Crippen LogP contribution >= 0.6 is 0 Å². The van der Waals surface area contributed by atoms with Crippen LogP contribution in [0.4, 0.5) is 0 Å². The van der Waals surface area contributed by atoms with Crippen LogP contribution in [0.3, 0.4) is 0 Å². The van der Waals surface area contributed by atoms with Gasteiger partial charge in [0.1, 0.15) is 7.05 Å². The van der Waals surface area contributed by atoms with Gasteiger partial charge in [-0.25, -0.2) is 4.57 Å². The fourth-order valence-electron chi connectivity index (χ4n) is 2.07. The smallest absolute Gasteiger partial charge is 0.201 e. The molecule has 0 saturated carbocycles. The summed E-state index contributed by atoms with van der Waals surface area (Å²) in [6.07, 6.45) is -1.23. The summed E-state index contributed by atoms with van der Waals surface area (Å²) >= 11 is 0. The summed E-state index contributed by atoms with van der Waals surface area (Å²) in [4.78, 5) is 0. The number of rotatable bonds is 2. The van der Waals surface area contributed by atoms with Gasteiger partial charge in [0, 0.05) is 31.8 Å². The molecular weight excluding hydrogens is 218 g/mol. The molecule has 0 atom stereocenters. The topological polar surface area (TPSA) is 3.88 Å². The molecule has 0 fully saturated rings. The second kappa shape index (κ2) is 4.93. The molecule has 0 aliphatic carbocycles. The highest BCUT2D eigenvalue weighted by Gasteiger charge is 2.16. The highest BCUT2D eigenvalue weighted by molar-refractivity contribution is 5.64. The van der Waals surface area contributed by atoms with Gasteiger partial charge in [-0.1, -0.05) is 19.0 Å². The van der Waals surface area contributed by atoms with Crippen molar-refractivity contribution in [2.45, 2.75) is 33.9 Å². The molecule has 0 saturated heterocycles. The van der Waals surface area contributed by atoms with Gasteiger partial charge < -0.3 is 0 Å². The number of benzene rings is 1. The third-order valence-corrected chi connectivity index (χ3v) is 2.87. The highest BCUT2D eigenvalue weighted by Crippen LogP contribution is 2.24. The first-order valence-electron chi connectivity index (χ1n) is 11.0. The van der Waals surface area contributed by atoms with Crippen LogP contribution < -0.4 is 4.57 Å². The van der Waals surface area contributed by atoms with Gasteiger partial charge >= 0.3 is 0 Å². The SMILES string of the molecule is [2H]C([2H])([2H])c1cc(C([2H])([2H])[2H])c(-c2ccc(C([2H])([2H])C([2H])([2H])[2H])cc2C)[n+](C)c1. The molecular formula is C17H22N+. The Balaban J connectivity index is 2.76. The van der Waals surface area contributed by atoms with Crippen molar-refractivity contribution >= 4 is 0 Å². The lowest BCUT2D eigenvalue weighted by Gasteiger charge is -2.09. The maximum absolute atomic E-state index is 7.92. The molecule has 0 aliphatic rings. The van der Waals surface area contributed by atoms with Gasteiger partial charge in [-0.05, 0) is 50.3 Å². The Morgan fingerprint density at radius 2 is 2.11 bits per heavy atom. The predicted octanol–water partition coefficient (Wildman–Crippen LogP) is 3.67. The zero-order valence-electron chi connectivity index (χ0n) is 21.3. The van der Waals surface area contributed by atoms with Gasteiger partial charge in [-0.15, -0.1) is 0 Å². The Bertz CT molecular complexity index is 921. The summed E-state index contributed by atoms with van der Waals surface area (Å²) in [5.74, 6) is 0. The van der Waals surface area contributed by atoms with E-state index in [9.17, 15) is 0 Å². The second-order valence-electron chi connectivity index (χ2n) is 4.26. The lowest BCUT2D eigenvalue weighted by atomic mass is 9.98. The number of hydrogen-bond acceptors (Lipinski definition) is 0. The molecule has 2 rings (SSSR count). The van der Waals surface area contributed by atoms with Crippen LogP contribution in [-0.2, 0) is 13.4 Å². The van der Waals surface area contributed by atoms with Gasteiger partial charge in [-0.2, -0.15) is 0 Å². The van der Waals surface area contributed by atoms with Crippen LogP contribution in [0.1, 0.15) is 44.2 Å². The number of aromatic nitrogens is 1. The van der Waals surface area contributed by atoms with Crippen LogP contribution in [0.25, 0.3) is 11.3 Å². The lowest BCUT2D eigenvalue weighted by molar-refractivity contribution is -0.661. The standard InChI is InChI=1S/C17H22N/c1-6-15-7-8-16(13(3)10-15)17-14(4)9-12(2)11-18(17)5/h7-11H,6H2,1-5H3/q+1/i1D3,2D3,4D3,6D2. The molecule has 0 amide bonds. The molecule has 1 aromatic carbocycles. The fourth-order valence-corrected chi connectivity index (χ4v) is 2.07. The largest absolute Gasteiger partial charge is 0.215 e. The van der Waals surface area contributed by atoms with Crippen molar-refractivity contribution in [1.82, 2.24) is 0 Å². The Kier molecular flexibility index (Phi) is 1.32. The van der Waals surface area contributed by atoms with Crippen LogP contribution in [0.15, 0.2) is 30.5 Å². The zero-order valence-corrected chi connectivity index (χ0v) is 10.3. The predicted molar refractivity (Wildman–Crippen MR) is 76.6 cm³/mol. The summed E-state index contributed by atoms with van der Waals surface area (Å²) < 4.78 is 85.8. The molecule has 0 spiro atoms. The van der Waals surface area contributed by atoms with Crippen LogP contribution in [0, 0.1) is 20.6 Å². The second-order valence-corrected chi connectivity index (χ2v) is 4.26. The Morgan fingerprint density at radius 1 is 1.22 bits per heavy atom. The summed E-state index contributed by atoms with van der Waals surface area (Å²) in [7, 11) is 1.54. The molecule has 1 heterocycles. The van der Waals surface area contributed by atoms with Crippen LogP contribution in [0.5, 0.6) is 0 Å². The van der Waals surface area contributed by atoms with Gasteiger partial charge in [-0.3, -0.25) is 0 Å². The Labute approximate surface area is 126 Å². The molecule has 2 aromatic rings. The van der Waals surface area contributed by atoms with Crippen LogP contribution in [-0.4, -0.2) is 0 Å². The summed E-state index contributed by atoms with van der Waals surface area (Å²) in [6, 6.07) is 5.30. The Morgan fingerprint density at radius 3 is 2.78 bits per heavy atom. The van der Waals surface area contributed by atoms with Crippen molar-refractivity contribution in [1.29, 1.82) is 0 Å². The molecule has 0 aliphatic heterocycles. The van der Waals surface area contributed by atoms with Crippen molar-refractivity contribution in [3.63, 3.8) is 0 Å². The molecule has 18 heavy (non-hydrogen) atoms. The third kappa shape index (κ3) is 2.31. The zero-order chi connectivity index (χ0) is 22.6. The maximum atomic E-state index is 7.92. The molecule has 0 unspecified atom stereocenters. The molecule has 1 aromatic heterocycles. The summed E-state index contributed by atoms with van der Waals surface area (Å²) in [5.41, 5.74) is 0.873. The van der Waals surface area contributed by atoms with Crippen molar-refractivity contribution < 1.29 is 19.6 Å². The fraction of sp³-hybridized carbons (Fsp3) is 0.353. The van der Waals surface area contributed by atoms with E-state index in [2.05, 4.69) is 0 Å². The first-order valence-corrected chi connectivity index (χ1v) is 5.53. The Hall–Kier alpha value is -1.63. The number of hydrogen-bond donors (Lipinski definition) is 0. The minimum Gasteiger partial charge on any atom is -0.201 e. The summed E-state index contributed by atoms with van der Waals surface area (Å²) in [6.45, 7) is -6.32. The van der Waals surface area contributed by atoms with E-state index in [1.54, 1.807) is 6.92 Å². The normalized spacial score (nSPS) is 22.7. The van der Waals surface area contributed by atoms with E-state index in [4.69, 9.17) is 15.1 Å². The number of nitrogens with zero attached hydrogens (tertiary/aromatic N) is 1. The van der Waals surface area contributed by atoms with Crippen molar-refractivity contribution in [3.05, 3.63) is 52.7 Å². The van der Waals surface area contributed by atoms with Gasteiger partial charge in [0.15, 0.2) is 6.20 Å². The maximum Gasteiger partial charge on any atom is 0.215 e. The van der Waals surface area contributed by atoms with Gasteiger partial charge in [0.05, 0.1) is 0 Å². The number of aryl methyl sites for hydroxylation is 5. The molecule has 1 nitrogen and oxygen atoms in total. The summed E-state index contributed by atoms with van der Waals surface area (Å²) in [5, 5.41) is 0. The highest BCUT2D eigenvalue weighted by atomic mass is 14.9. The van der Waals surface area contributed by atoms with Gasteiger partial charge in [0.2, 0.25) is 5.69 Å². The van der Waals surface area contributed by atoms with E-state index in [0.29, 0.717) is 11.1 Å². The number of pyridine rings is 1. The van der Waals surface area contributed by atoms with Crippen molar-refractivity contribution in [2.24, 2.45) is 7.05 Å². The van der Waals surface area contributed by atoms with E-state index in [0.717, 1.165) is 6.07 Å². The van der Waals surface area contributed by atoms with E-state index in [1.807, 2.05) is 0 Å². The molecule has 0 N–H and O–H groups in total. The minimum absolute atomic E-state index is 0.0454. The first kappa shape index (κ1) is 4.80. The quantitative estimate of drug-likeness (QED) is 0.717. The van der Waals surface area contributed by atoms with E-state index in [-0.39, 0.29) is 22.4 Å². The van der Waals surface area contributed by atoms with E-state index < -0.39 is 26.9 Å². The molecule has 94 valence electrons. The van der Waals surface area contributed by atoms with Crippen molar-refractivity contribution in [3.8, 4) is 11.3 Å². The third-order valence-electron chi connectivity index (χ3n) is 2.87. The van der Waals surface area contributed by atoms with E-state index in [1.165, 1.54) is 36.0 Å². The minimum atomic E-state index is -2.86. The first-order chi connectivity index (χ1) is 12.9. The lowest BCUT2D eigenvalue weighted by Crippen LogP contribution is -2.32. The van der Waals surface area contributed by atoms with E-state index >= 15 is 0 Å². The average Bonchev–Trinajstić information content (AvgIpc) is 2.51. The van der Waals surface area contributed by atoms with Crippen LogP contribution in [0.2, 0.25) is 0 Å². The molecule has 0 radical (unpaired) electrons. The van der Waals surface area contributed by atoms with Crippen molar-refractivity contribution in [2.75, 3.05) is 0 Å². The average molecular weight is 251 g/mol. The molecule has 0 bridgehead atoms.